The van der Waals surface area contributed by atoms with Gasteiger partial charge in [-0.3, -0.25) is 5.32 Å². The van der Waals surface area contributed by atoms with Gasteiger partial charge in [0.05, 0.1) is 6.07 Å². The van der Waals surface area contributed by atoms with E-state index in [9.17, 15) is 5.26 Å². The topological polar surface area (TPSA) is 35.8 Å². The molecule has 2 atom stereocenters. The van der Waals surface area contributed by atoms with E-state index in [1.165, 1.54) is 17.5 Å². The van der Waals surface area contributed by atoms with E-state index >= 15 is 0 Å². The summed E-state index contributed by atoms with van der Waals surface area (Å²) in [6.07, 6.45) is 4.34. The van der Waals surface area contributed by atoms with Gasteiger partial charge in [0.25, 0.3) is 0 Å². The Bertz CT molecular complexity index is 630. The minimum Gasteiger partial charge on any atom is -0.295 e. The zero-order valence-electron chi connectivity index (χ0n) is 12.8. The average Bonchev–Trinajstić information content (AvgIpc) is 2.62. The quantitative estimate of drug-likeness (QED) is 0.906. The van der Waals surface area contributed by atoms with E-state index < -0.39 is 5.54 Å². The van der Waals surface area contributed by atoms with Crippen molar-refractivity contribution in [1.82, 2.24) is 5.32 Å². The standard InChI is InChI=1S/C20H22N2/c21-16-20(22-15-17-9-3-1-4-10-17)14-8-7-13-19(20)18-11-5-2-6-12-18/h1-6,9-12,19,22H,7-8,13-15H2. The monoisotopic (exact) mass is 290 g/mol. The van der Waals surface area contributed by atoms with Crippen molar-refractivity contribution < 1.29 is 0 Å². The Morgan fingerprint density at radius 1 is 1.00 bits per heavy atom. The van der Waals surface area contributed by atoms with Crippen LogP contribution in [0.25, 0.3) is 0 Å². The lowest BCUT2D eigenvalue weighted by atomic mass is 9.70. The van der Waals surface area contributed by atoms with Crippen LogP contribution in [-0.4, -0.2) is 5.54 Å². The predicted molar refractivity (Wildman–Crippen MR) is 89.3 cm³/mol. The van der Waals surface area contributed by atoms with E-state index in [2.05, 4.69) is 47.8 Å². The summed E-state index contributed by atoms with van der Waals surface area (Å²) in [5.74, 6) is 0.274. The zero-order valence-corrected chi connectivity index (χ0v) is 12.8. The van der Waals surface area contributed by atoms with Crippen LogP contribution in [0.1, 0.15) is 42.7 Å². The number of nitrogens with zero attached hydrogens (tertiary/aromatic N) is 1. The number of nitriles is 1. The van der Waals surface area contributed by atoms with E-state index in [0.717, 1.165) is 25.8 Å². The normalized spacial score (nSPS) is 24.6. The number of hydrogen-bond acceptors (Lipinski definition) is 2. The van der Waals surface area contributed by atoms with Gasteiger partial charge in [-0.1, -0.05) is 73.5 Å². The largest absolute Gasteiger partial charge is 0.295 e. The third kappa shape index (κ3) is 3.05. The maximum absolute atomic E-state index is 9.94. The van der Waals surface area contributed by atoms with Crippen molar-refractivity contribution in [3.05, 3.63) is 71.8 Å². The lowest BCUT2D eigenvalue weighted by Gasteiger charge is -2.40. The number of nitrogens with one attached hydrogen (secondary N) is 1. The molecule has 1 fully saturated rings. The lowest BCUT2D eigenvalue weighted by molar-refractivity contribution is 0.254. The summed E-state index contributed by atoms with van der Waals surface area (Å²) in [6.45, 7) is 0.748. The van der Waals surface area contributed by atoms with Crippen LogP contribution in [0.3, 0.4) is 0 Å². The first kappa shape index (κ1) is 14.8. The summed E-state index contributed by atoms with van der Waals surface area (Å²) in [4.78, 5) is 0. The molecule has 22 heavy (non-hydrogen) atoms. The Hall–Kier alpha value is -2.11. The van der Waals surface area contributed by atoms with Crippen molar-refractivity contribution in [1.29, 1.82) is 5.26 Å². The second-order valence-corrected chi connectivity index (χ2v) is 6.13. The molecule has 3 rings (SSSR count). The van der Waals surface area contributed by atoms with Gasteiger partial charge in [0.15, 0.2) is 0 Å². The van der Waals surface area contributed by atoms with Gasteiger partial charge in [-0.25, -0.2) is 0 Å². The number of rotatable bonds is 4. The van der Waals surface area contributed by atoms with Crippen molar-refractivity contribution >= 4 is 0 Å². The molecule has 2 aromatic rings. The molecule has 1 saturated carbocycles. The van der Waals surface area contributed by atoms with Crippen LogP contribution in [0, 0.1) is 11.3 Å². The van der Waals surface area contributed by atoms with Gasteiger partial charge in [-0.05, 0) is 24.0 Å². The molecule has 0 bridgehead atoms. The van der Waals surface area contributed by atoms with Gasteiger partial charge in [-0.2, -0.15) is 5.26 Å². The lowest BCUT2D eigenvalue weighted by Crippen LogP contribution is -2.50. The smallest absolute Gasteiger partial charge is 0.113 e. The summed E-state index contributed by atoms with van der Waals surface area (Å²) in [7, 11) is 0. The van der Waals surface area contributed by atoms with Crippen molar-refractivity contribution in [3.8, 4) is 6.07 Å². The molecule has 2 aromatic carbocycles. The fraction of sp³-hybridized carbons (Fsp3) is 0.350. The molecule has 0 spiro atoms. The molecule has 0 amide bonds. The Morgan fingerprint density at radius 3 is 2.36 bits per heavy atom. The second kappa shape index (κ2) is 6.77. The van der Waals surface area contributed by atoms with E-state index in [0.29, 0.717) is 0 Å². The van der Waals surface area contributed by atoms with Gasteiger partial charge in [0, 0.05) is 12.5 Å². The highest BCUT2D eigenvalue weighted by molar-refractivity contribution is 5.30. The van der Waals surface area contributed by atoms with E-state index in [1.807, 2.05) is 24.3 Å². The third-order valence-electron chi connectivity index (χ3n) is 4.76. The molecule has 2 unspecified atom stereocenters. The first-order valence-electron chi connectivity index (χ1n) is 8.09. The molecule has 0 aliphatic heterocycles. The molecule has 0 heterocycles. The Kier molecular flexibility index (Phi) is 4.56. The molecular weight excluding hydrogens is 268 g/mol. The molecule has 0 saturated heterocycles. The summed E-state index contributed by atoms with van der Waals surface area (Å²) in [6, 6.07) is 23.5. The Morgan fingerprint density at radius 2 is 1.68 bits per heavy atom. The maximum atomic E-state index is 9.94. The van der Waals surface area contributed by atoms with Gasteiger partial charge in [0.1, 0.15) is 5.54 Å². The van der Waals surface area contributed by atoms with Crippen molar-refractivity contribution in [2.75, 3.05) is 0 Å². The average molecular weight is 290 g/mol. The molecular formula is C20H22N2. The van der Waals surface area contributed by atoms with Crippen LogP contribution >= 0.6 is 0 Å². The molecule has 1 aliphatic carbocycles. The minimum atomic E-state index is -0.449. The minimum absolute atomic E-state index is 0.274. The van der Waals surface area contributed by atoms with Crippen LogP contribution in [0.15, 0.2) is 60.7 Å². The van der Waals surface area contributed by atoms with Crippen LogP contribution < -0.4 is 5.32 Å². The van der Waals surface area contributed by atoms with Crippen LogP contribution in [0.4, 0.5) is 0 Å². The summed E-state index contributed by atoms with van der Waals surface area (Å²) in [5, 5.41) is 13.5. The SMILES string of the molecule is N#CC1(NCc2ccccc2)CCCCC1c1ccccc1. The first-order valence-corrected chi connectivity index (χ1v) is 8.09. The zero-order chi connectivity index (χ0) is 15.3. The highest BCUT2D eigenvalue weighted by Gasteiger charge is 2.41. The highest BCUT2D eigenvalue weighted by Crippen LogP contribution is 2.40. The fourth-order valence-electron chi connectivity index (χ4n) is 3.55. The van der Waals surface area contributed by atoms with Gasteiger partial charge >= 0.3 is 0 Å². The van der Waals surface area contributed by atoms with Crippen LogP contribution in [0.5, 0.6) is 0 Å². The van der Waals surface area contributed by atoms with Crippen molar-refractivity contribution in [2.45, 2.75) is 43.7 Å². The van der Waals surface area contributed by atoms with Gasteiger partial charge in [0.2, 0.25) is 0 Å². The molecule has 1 aliphatic rings. The Balaban J connectivity index is 1.83. The fourth-order valence-corrected chi connectivity index (χ4v) is 3.55. The van der Waals surface area contributed by atoms with Crippen molar-refractivity contribution in [2.24, 2.45) is 0 Å². The molecule has 1 N–H and O–H groups in total. The van der Waals surface area contributed by atoms with Gasteiger partial charge < -0.3 is 0 Å². The molecule has 112 valence electrons. The summed E-state index contributed by atoms with van der Waals surface area (Å²) in [5.41, 5.74) is 2.06. The van der Waals surface area contributed by atoms with E-state index in [-0.39, 0.29) is 5.92 Å². The number of benzene rings is 2. The van der Waals surface area contributed by atoms with E-state index in [1.54, 1.807) is 0 Å². The van der Waals surface area contributed by atoms with Crippen LogP contribution in [0.2, 0.25) is 0 Å². The second-order valence-electron chi connectivity index (χ2n) is 6.13. The molecule has 0 radical (unpaired) electrons. The van der Waals surface area contributed by atoms with Gasteiger partial charge in [-0.15, -0.1) is 0 Å². The number of hydrogen-bond donors (Lipinski definition) is 1. The highest BCUT2D eigenvalue weighted by atomic mass is 15.0. The van der Waals surface area contributed by atoms with E-state index in [4.69, 9.17) is 0 Å². The first-order chi connectivity index (χ1) is 10.8. The molecule has 2 heteroatoms. The third-order valence-corrected chi connectivity index (χ3v) is 4.76. The Labute approximate surface area is 132 Å². The predicted octanol–water partition coefficient (Wildman–Crippen LogP) is 4.40. The maximum Gasteiger partial charge on any atom is 0.113 e. The summed E-state index contributed by atoms with van der Waals surface area (Å²) >= 11 is 0. The molecule has 2 nitrogen and oxygen atoms in total. The van der Waals surface area contributed by atoms with Crippen molar-refractivity contribution in [3.63, 3.8) is 0 Å². The summed E-state index contributed by atoms with van der Waals surface area (Å²) < 4.78 is 0. The van der Waals surface area contributed by atoms with Crippen LogP contribution in [-0.2, 0) is 6.54 Å². The molecule has 0 aromatic heterocycles.